The lowest BCUT2D eigenvalue weighted by Crippen LogP contribution is -2.12. The first-order valence-corrected chi connectivity index (χ1v) is 5.46. The molecule has 0 unspecified atom stereocenters. The van der Waals surface area contributed by atoms with Crippen LogP contribution in [0.5, 0.6) is 0 Å². The van der Waals surface area contributed by atoms with Crippen molar-refractivity contribution in [3.8, 4) is 6.07 Å². The van der Waals surface area contributed by atoms with Crippen LogP contribution < -0.4 is 11.1 Å². The predicted molar refractivity (Wildman–Crippen MR) is 69.9 cm³/mol. The Morgan fingerprint density at radius 3 is 2.47 bits per heavy atom. The van der Waals surface area contributed by atoms with Crippen LogP contribution in [0.4, 0.5) is 15.8 Å². The monoisotopic (exact) mass is 255 g/mol. The Morgan fingerprint density at radius 2 is 1.89 bits per heavy atom. The second-order valence-electron chi connectivity index (χ2n) is 3.88. The van der Waals surface area contributed by atoms with E-state index in [9.17, 15) is 9.18 Å². The number of benzene rings is 2. The highest BCUT2D eigenvalue weighted by Gasteiger charge is 2.08. The van der Waals surface area contributed by atoms with E-state index in [0.717, 1.165) is 6.07 Å². The van der Waals surface area contributed by atoms with Crippen LogP contribution in [0.25, 0.3) is 0 Å². The molecule has 4 nitrogen and oxygen atoms in total. The van der Waals surface area contributed by atoms with Crippen molar-refractivity contribution in [2.75, 3.05) is 11.1 Å². The number of carbonyl (C=O) groups is 1. The van der Waals surface area contributed by atoms with Gasteiger partial charge < -0.3 is 11.1 Å². The van der Waals surface area contributed by atoms with Crippen molar-refractivity contribution >= 4 is 17.3 Å². The van der Waals surface area contributed by atoms with Crippen LogP contribution in [-0.2, 0) is 0 Å². The van der Waals surface area contributed by atoms with E-state index in [2.05, 4.69) is 5.32 Å². The van der Waals surface area contributed by atoms with Crippen molar-refractivity contribution < 1.29 is 9.18 Å². The number of hydrogen-bond donors (Lipinski definition) is 2. The Balaban J connectivity index is 2.16. The lowest BCUT2D eigenvalue weighted by atomic mass is 10.1. The first-order chi connectivity index (χ1) is 9.10. The third-order valence-corrected chi connectivity index (χ3v) is 2.53. The highest BCUT2D eigenvalue weighted by molar-refractivity contribution is 6.04. The van der Waals surface area contributed by atoms with Gasteiger partial charge in [0.2, 0.25) is 0 Å². The first kappa shape index (κ1) is 12.6. The summed E-state index contributed by atoms with van der Waals surface area (Å²) in [7, 11) is 0. The fourth-order valence-corrected chi connectivity index (χ4v) is 1.50. The quantitative estimate of drug-likeness (QED) is 0.809. The minimum absolute atomic E-state index is 0.00470. The van der Waals surface area contributed by atoms with Crippen LogP contribution in [0.15, 0.2) is 42.5 Å². The maximum atomic E-state index is 13.2. The molecule has 19 heavy (non-hydrogen) atoms. The first-order valence-electron chi connectivity index (χ1n) is 5.46. The van der Waals surface area contributed by atoms with Gasteiger partial charge in [0.15, 0.2) is 0 Å². The van der Waals surface area contributed by atoms with Gasteiger partial charge in [-0.1, -0.05) is 0 Å². The zero-order chi connectivity index (χ0) is 13.8. The topological polar surface area (TPSA) is 78.9 Å². The molecule has 0 heterocycles. The SMILES string of the molecule is N#Cc1ccc(NC(=O)c2ccc(N)c(F)c2)cc1. The van der Waals surface area contributed by atoms with Crippen LogP contribution in [0.2, 0.25) is 0 Å². The Bertz CT molecular complexity index is 659. The second kappa shape index (κ2) is 5.19. The second-order valence-corrected chi connectivity index (χ2v) is 3.88. The highest BCUT2D eigenvalue weighted by Crippen LogP contribution is 2.14. The standard InChI is InChI=1S/C14H10FN3O/c15-12-7-10(3-6-13(12)17)14(19)18-11-4-1-9(8-16)2-5-11/h1-7H,17H2,(H,18,19). The third kappa shape index (κ3) is 2.87. The summed E-state index contributed by atoms with van der Waals surface area (Å²) < 4.78 is 13.2. The number of nitrogens with two attached hydrogens (primary N) is 1. The number of halogens is 1. The summed E-state index contributed by atoms with van der Waals surface area (Å²) in [6, 6.07) is 12.2. The maximum absolute atomic E-state index is 13.2. The molecule has 0 saturated carbocycles. The van der Waals surface area contributed by atoms with E-state index in [1.165, 1.54) is 12.1 Å². The predicted octanol–water partition coefficient (Wildman–Crippen LogP) is 2.53. The molecule has 0 aromatic heterocycles. The van der Waals surface area contributed by atoms with Crippen LogP contribution in [0.3, 0.4) is 0 Å². The molecule has 0 aliphatic heterocycles. The molecule has 0 aliphatic carbocycles. The molecular formula is C14H10FN3O. The van der Waals surface area contributed by atoms with Crippen molar-refractivity contribution in [2.45, 2.75) is 0 Å². The van der Waals surface area contributed by atoms with E-state index in [1.807, 2.05) is 6.07 Å². The minimum atomic E-state index is -0.632. The number of amides is 1. The molecule has 3 N–H and O–H groups in total. The van der Waals surface area contributed by atoms with E-state index in [4.69, 9.17) is 11.0 Å². The van der Waals surface area contributed by atoms with E-state index < -0.39 is 11.7 Å². The Morgan fingerprint density at radius 1 is 1.21 bits per heavy atom. The van der Waals surface area contributed by atoms with E-state index in [0.29, 0.717) is 11.3 Å². The van der Waals surface area contributed by atoms with Crippen LogP contribution in [-0.4, -0.2) is 5.91 Å². The summed E-state index contributed by atoms with van der Waals surface area (Å²) in [5.74, 6) is -1.07. The molecule has 0 bridgehead atoms. The smallest absolute Gasteiger partial charge is 0.255 e. The minimum Gasteiger partial charge on any atom is -0.396 e. The van der Waals surface area contributed by atoms with Crippen molar-refractivity contribution in [1.29, 1.82) is 5.26 Å². The van der Waals surface area contributed by atoms with E-state index in [-0.39, 0.29) is 11.3 Å². The average Bonchev–Trinajstić information content (AvgIpc) is 2.42. The van der Waals surface area contributed by atoms with Crippen molar-refractivity contribution in [1.82, 2.24) is 0 Å². The van der Waals surface area contributed by atoms with Crippen molar-refractivity contribution in [3.05, 3.63) is 59.4 Å². The number of rotatable bonds is 2. The molecule has 0 radical (unpaired) electrons. The molecule has 0 fully saturated rings. The molecule has 1 amide bonds. The molecule has 94 valence electrons. The molecule has 2 aromatic carbocycles. The van der Waals surface area contributed by atoms with E-state index >= 15 is 0 Å². The molecular weight excluding hydrogens is 245 g/mol. The van der Waals surface area contributed by atoms with Gasteiger partial charge in [-0.05, 0) is 42.5 Å². The lowest BCUT2D eigenvalue weighted by molar-refractivity contribution is 0.102. The molecule has 0 spiro atoms. The summed E-state index contributed by atoms with van der Waals surface area (Å²) in [6.07, 6.45) is 0. The van der Waals surface area contributed by atoms with Gasteiger partial charge in [0, 0.05) is 11.3 Å². The Hall–Kier alpha value is -2.87. The highest BCUT2D eigenvalue weighted by atomic mass is 19.1. The van der Waals surface area contributed by atoms with Crippen molar-refractivity contribution in [2.24, 2.45) is 0 Å². The molecule has 0 atom stereocenters. The number of nitriles is 1. The Labute approximate surface area is 109 Å². The zero-order valence-corrected chi connectivity index (χ0v) is 9.85. The van der Waals surface area contributed by atoms with Gasteiger partial charge in [-0.15, -0.1) is 0 Å². The number of nitrogen functional groups attached to an aromatic ring is 1. The largest absolute Gasteiger partial charge is 0.396 e. The van der Waals surface area contributed by atoms with Gasteiger partial charge in [-0.25, -0.2) is 4.39 Å². The van der Waals surface area contributed by atoms with Gasteiger partial charge in [-0.3, -0.25) is 4.79 Å². The number of carbonyl (C=O) groups excluding carboxylic acids is 1. The number of anilines is 2. The van der Waals surface area contributed by atoms with Gasteiger partial charge in [0.05, 0.1) is 17.3 Å². The van der Waals surface area contributed by atoms with Crippen LogP contribution >= 0.6 is 0 Å². The van der Waals surface area contributed by atoms with E-state index in [1.54, 1.807) is 24.3 Å². The van der Waals surface area contributed by atoms with Gasteiger partial charge in [0.1, 0.15) is 5.82 Å². The lowest BCUT2D eigenvalue weighted by Gasteiger charge is -2.06. The molecule has 0 saturated heterocycles. The summed E-state index contributed by atoms with van der Waals surface area (Å²) >= 11 is 0. The Kier molecular flexibility index (Phi) is 3.44. The van der Waals surface area contributed by atoms with Crippen LogP contribution in [0.1, 0.15) is 15.9 Å². The summed E-state index contributed by atoms with van der Waals surface area (Å²) in [5, 5.41) is 11.3. The van der Waals surface area contributed by atoms with Gasteiger partial charge in [0.25, 0.3) is 5.91 Å². The van der Waals surface area contributed by atoms with Crippen molar-refractivity contribution in [3.63, 3.8) is 0 Å². The number of nitrogens with zero attached hydrogens (tertiary/aromatic N) is 1. The van der Waals surface area contributed by atoms with Crippen LogP contribution in [0, 0.1) is 17.1 Å². The maximum Gasteiger partial charge on any atom is 0.255 e. The fraction of sp³-hybridized carbons (Fsp3) is 0. The zero-order valence-electron chi connectivity index (χ0n) is 9.85. The molecule has 0 aliphatic rings. The number of hydrogen-bond acceptors (Lipinski definition) is 3. The molecule has 5 heteroatoms. The molecule has 2 aromatic rings. The molecule has 2 rings (SSSR count). The number of nitrogens with one attached hydrogen (secondary N) is 1. The third-order valence-electron chi connectivity index (χ3n) is 2.53. The van der Waals surface area contributed by atoms with Gasteiger partial charge >= 0.3 is 0 Å². The summed E-state index contributed by atoms with van der Waals surface area (Å²) in [6.45, 7) is 0. The van der Waals surface area contributed by atoms with Gasteiger partial charge in [-0.2, -0.15) is 5.26 Å². The summed E-state index contributed by atoms with van der Waals surface area (Å²) in [4.78, 5) is 11.8. The normalized spacial score (nSPS) is 9.68. The fourth-order valence-electron chi connectivity index (χ4n) is 1.50. The summed E-state index contributed by atoms with van der Waals surface area (Å²) in [5.41, 5.74) is 6.53. The average molecular weight is 255 g/mol.